The fraction of sp³-hybridized carbons (Fsp3) is 0.357. The minimum Gasteiger partial charge on any atom is -0.309 e. The van der Waals surface area contributed by atoms with Crippen molar-refractivity contribution in [3.63, 3.8) is 0 Å². The molecule has 1 aliphatic heterocycles. The minimum absolute atomic E-state index is 0.150. The Morgan fingerprint density at radius 1 is 0.724 bits per heavy atom. The van der Waals surface area contributed by atoms with E-state index in [1.54, 1.807) is 0 Å². The minimum atomic E-state index is 0.150. The summed E-state index contributed by atoms with van der Waals surface area (Å²) in [6, 6.07) is 20.7. The molecular weight excluding hydrogens is 350 g/mol. The Bertz CT molecular complexity index is 1030. The van der Waals surface area contributed by atoms with Crippen molar-refractivity contribution in [1.29, 1.82) is 0 Å². The highest BCUT2D eigenvalue weighted by atomic mass is 15.2. The molecule has 0 atom stereocenters. The van der Waals surface area contributed by atoms with E-state index in [2.05, 4.69) is 101 Å². The molecule has 0 unspecified atom stereocenters. The smallest absolute Gasteiger partial charge is 0.0520 e. The molecule has 3 aromatic rings. The lowest BCUT2D eigenvalue weighted by atomic mass is 9.84. The van der Waals surface area contributed by atoms with Gasteiger partial charge in [0.15, 0.2) is 0 Å². The number of anilines is 3. The zero-order chi connectivity index (χ0) is 20.8. The molecular formula is C28H33N. The zero-order valence-corrected chi connectivity index (χ0v) is 18.8. The fourth-order valence-electron chi connectivity index (χ4n) is 4.65. The average Bonchev–Trinajstić information content (AvgIpc) is 2.64. The predicted octanol–water partition coefficient (Wildman–Crippen LogP) is 7.87. The van der Waals surface area contributed by atoms with E-state index in [-0.39, 0.29) is 5.41 Å². The van der Waals surface area contributed by atoms with Crippen molar-refractivity contribution in [3.8, 4) is 0 Å². The summed E-state index contributed by atoms with van der Waals surface area (Å²) in [7, 11) is 0. The van der Waals surface area contributed by atoms with Crippen molar-refractivity contribution < 1.29 is 0 Å². The van der Waals surface area contributed by atoms with Gasteiger partial charge in [0.1, 0.15) is 0 Å². The molecule has 0 saturated carbocycles. The van der Waals surface area contributed by atoms with Crippen molar-refractivity contribution >= 4 is 17.1 Å². The summed E-state index contributed by atoms with van der Waals surface area (Å²) >= 11 is 0. The molecule has 1 heteroatoms. The zero-order valence-electron chi connectivity index (χ0n) is 18.8. The molecule has 0 amide bonds. The van der Waals surface area contributed by atoms with Crippen LogP contribution in [0.2, 0.25) is 0 Å². The molecule has 0 N–H and O–H groups in total. The van der Waals surface area contributed by atoms with Crippen molar-refractivity contribution in [2.24, 2.45) is 0 Å². The largest absolute Gasteiger partial charge is 0.309 e. The highest BCUT2D eigenvalue weighted by Crippen LogP contribution is 2.44. The maximum absolute atomic E-state index is 2.53. The van der Waals surface area contributed by atoms with Gasteiger partial charge in [-0.1, -0.05) is 68.8 Å². The molecule has 0 aromatic heterocycles. The molecule has 0 radical (unpaired) electrons. The Labute approximate surface area is 176 Å². The maximum Gasteiger partial charge on any atom is 0.0520 e. The quantitative estimate of drug-likeness (QED) is 0.413. The summed E-state index contributed by atoms with van der Waals surface area (Å²) in [4.78, 5) is 2.53. The first-order valence-electron chi connectivity index (χ1n) is 10.8. The lowest BCUT2D eigenvalue weighted by Gasteiger charge is -2.34. The second kappa shape index (κ2) is 7.37. The summed E-state index contributed by atoms with van der Waals surface area (Å²) in [6.07, 6.45) is 3.44. The molecule has 1 heterocycles. The van der Waals surface area contributed by atoms with Crippen LogP contribution in [-0.4, -0.2) is 0 Å². The third-order valence-electron chi connectivity index (χ3n) is 6.18. The third kappa shape index (κ3) is 3.71. The summed E-state index contributed by atoms with van der Waals surface area (Å²) in [6.45, 7) is 13.6. The molecule has 1 nitrogen and oxygen atoms in total. The van der Waals surface area contributed by atoms with Crippen LogP contribution in [0.25, 0.3) is 0 Å². The maximum atomic E-state index is 2.53. The van der Waals surface area contributed by atoms with E-state index in [9.17, 15) is 0 Å². The molecule has 0 spiro atoms. The first-order chi connectivity index (χ1) is 13.8. The third-order valence-corrected chi connectivity index (χ3v) is 6.18. The number of rotatable bonds is 1. The van der Waals surface area contributed by atoms with Gasteiger partial charge in [-0.3, -0.25) is 0 Å². The second-order valence-corrected chi connectivity index (χ2v) is 9.66. The van der Waals surface area contributed by atoms with Crippen LogP contribution >= 0.6 is 0 Å². The first kappa shape index (κ1) is 19.8. The van der Waals surface area contributed by atoms with Crippen molar-refractivity contribution in [3.05, 3.63) is 88.0 Å². The number of aryl methyl sites for hydroxylation is 5. The summed E-state index contributed by atoms with van der Waals surface area (Å²) in [5.74, 6) is 0. The van der Waals surface area contributed by atoms with E-state index in [4.69, 9.17) is 0 Å². The summed E-state index contributed by atoms with van der Waals surface area (Å²) in [5, 5.41) is 0. The Balaban J connectivity index is 2.00. The highest BCUT2D eigenvalue weighted by molar-refractivity contribution is 5.84. The van der Waals surface area contributed by atoms with Gasteiger partial charge in [-0.15, -0.1) is 0 Å². The number of hydrogen-bond acceptors (Lipinski definition) is 1. The van der Waals surface area contributed by atoms with Gasteiger partial charge in [-0.2, -0.15) is 0 Å². The number of nitrogens with zero attached hydrogens (tertiary/aromatic N) is 1. The Kier molecular flexibility index (Phi) is 5.02. The molecule has 0 aliphatic carbocycles. The first-order valence-corrected chi connectivity index (χ1v) is 10.8. The van der Waals surface area contributed by atoms with Gasteiger partial charge in [0.2, 0.25) is 0 Å². The van der Waals surface area contributed by atoms with E-state index in [0.717, 1.165) is 12.8 Å². The molecule has 0 saturated heterocycles. The SMILES string of the molecule is Cc1ccc2c(c1)CCCc1ccccc1N2c1c(C)cc(C(C)(C)C)cc1C. The molecule has 0 bridgehead atoms. The number of fused-ring (bicyclic) bond motifs is 2. The van der Waals surface area contributed by atoms with E-state index in [1.165, 1.54) is 56.9 Å². The Morgan fingerprint density at radius 2 is 1.34 bits per heavy atom. The van der Waals surface area contributed by atoms with Crippen LogP contribution in [0.1, 0.15) is 60.6 Å². The van der Waals surface area contributed by atoms with Crippen LogP contribution in [-0.2, 0) is 18.3 Å². The van der Waals surface area contributed by atoms with Crippen molar-refractivity contribution in [1.82, 2.24) is 0 Å². The van der Waals surface area contributed by atoms with Gasteiger partial charge >= 0.3 is 0 Å². The van der Waals surface area contributed by atoms with E-state index in [1.807, 2.05) is 0 Å². The fourth-order valence-corrected chi connectivity index (χ4v) is 4.65. The van der Waals surface area contributed by atoms with Gasteiger partial charge in [-0.25, -0.2) is 0 Å². The number of benzene rings is 3. The van der Waals surface area contributed by atoms with Gasteiger partial charge in [0.05, 0.1) is 5.69 Å². The molecule has 1 aliphatic rings. The average molecular weight is 384 g/mol. The van der Waals surface area contributed by atoms with Gasteiger partial charge in [0.25, 0.3) is 0 Å². The molecule has 150 valence electrons. The summed E-state index contributed by atoms with van der Waals surface area (Å²) in [5.41, 5.74) is 12.5. The monoisotopic (exact) mass is 383 g/mol. The van der Waals surface area contributed by atoms with Gasteiger partial charge < -0.3 is 4.90 Å². The molecule has 0 fully saturated rings. The lowest BCUT2D eigenvalue weighted by Crippen LogP contribution is -2.19. The Morgan fingerprint density at radius 3 is 2.03 bits per heavy atom. The van der Waals surface area contributed by atoms with Gasteiger partial charge in [0, 0.05) is 11.4 Å². The highest BCUT2D eigenvalue weighted by Gasteiger charge is 2.25. The van der Waals surface area contributed by atoms with E-state index < -0.39 is 0 Å². The molecule has 3 aromatic carbocycles. The predicted molar refractivity (Wildman–Crippen MR) is 126 cm³/mol. The van der Waals surface area contributed by atoms with Crippen LogP contribution in [0.4, 0.5) is 17.1 Å². The molecule has 4 rings (SSSR count). The van der Waals surface area contributed by atoms with Crippen LogP contribution in [0.3, 0.4) is 0 Å². The number of para-hydroxylation sites is 1. The van der Waals surface area contributed by atoms with E-state index >= 15 is 0 Å². The van der Waals surface area contributed by atoms with Crippen LogP contribution in [0.15, 0.2) is 54.6 Å². The number of hydrogen-bond donors (Lipinski definition) is 0. The van der Waals surface area contributed by atoms with Crippen molar-refractivity contribution in [2.75, 3.05) is 4.90 Å². The lowest BCUT2D eigenvalue weighted by molar-refractivity contribution is 0.589. The molecule has 29 heavy (non-hydrogen) atoms. The Hall–Kier alpha value is -2.54. The second-order valence-electron chi connectivity index (χ2n) is 9.66. The van der Waals surface area contributed by atoms with E-state index in [0.29, 0.717) is 0 Å². The normalized spacial score (nSPS) is 14.1. The van der Waals surface area contributed by atoms with Crippen molar-refractivity contribution in [2.45, 2.75) is 66.2 Å². The van der Waals surface area contributed by atoms with Crippen LogP contribution in [0, 0.1) is 20.8 Å². The van der Waals surface area contributed by atoms with Gasteiger partial charge in [-0.05, 0) is 85.4 Å². The van der Waals surface area contributed by atoms with Crippen LogP contribution in [0.5, 0.6) is 0 Å². The summed E-state index contributed by atoms with van der Waals surface area (Å²) < 4.78 is 0. The van der Waals surface area contributed by atoms with Crippen LogP contribution < -0.4 is 4.90 Å². The standard InChI is InChI=1S/C28H33N/c1-19-14-15-26-23(16-19)12-9-11-22-10-7-8-13-25(22)29(26)27-20(2)17-24(18-21(27)3)28(4,5)6/h7-8,10,13-18H,9,11-12H2,1-6H3. The topological polar surface area (TPSA) is 3.24 Å².